The van der Waals surface area contributed by atoms with Crippen LogP contribution in [0.2, 0.25) is 0 Å². The maximum absolute atomic E-state index is 7.47. The second-order valence-electron chi connectivity index (χ2n) is 6.83. The lowest BCUT2D eigenvalue weighted by molar-refractivity contribution is 0.146. The number of hydrogen-bond acceptors (Lipinski definition) is 4. The molecule has 5 nitrogen and oxygen atoms in total. The summed E-state index contributed by atoms with van der Waals surface area (Å²) in [6, 6.07) is 18.6. The van der Waals surface area contributed by atoms with E-state index in [0.29, 0.717) is 0 Å². The van der Waals surface area contributed by atoms with Crippen LogP contribution in [0.15, 0.2) is 54.6 Å². The van der Waals surface area contributed by atoms with Gasteiger partial charge in [-0.2, -0.15) is 0 Å². The molecule has 2 aromatic rings. The van der Waals surface area contributed by atoms with Crippen LogP contribution in [0.25, 0.3) is 0 Å². The molecule has 0 aromatic heterocycles. The summed E-state index contributed by atoms with van der Waals surface area (Å²) in [7, 11) is 0. The number of benzene rings is 2. The van der Waals surface area contributed by atoms with Crippen molar-refractivity contribution in [2.45, 2.75) is 19.4 Å². The molecule has 2 aromatic carbocycles. The lowest BCUT2D eigenvalue weighted by atomic mass is 10.1. The van der Waals surface area contributed by atoms with E-state index < -0.39 is 0 Å². The summed E-state index contributed by atoms with van der Waals surface area (Å²) in [4.78, 5) is 4.90. The van der Waals surface area contributed by atoms with Crippen molar-refractivity contribution in [2.24, 2.45) is 5.73 Å². The van der Waals surface area contributed by atoms with E-state index >= 15 is 0 Å². The first-order valence-corrected chi connectivity index (χ1v) is 9.21. The van der Waals surface area contributed by atoms with Gasteiger partial charge in [-0.25, -0.2) is 0 Å². The van der Waals surface area contributed by atoms with Gasteiger partial charge in [0.1, 0.15) is 6.10 Å². The molecule has 5 heteroatoms. The van der Waals surface area contributed by atoms with Gasteiger partial charge in [0.15, 0.2) is 0 Å². The number of piperazine rings is 1. The fraction of sp³-hybridized carbons (Fsp3) is 0.381. The molecule has 1 aliphatic heterocycles. The highest BCUT2D eigenvalue weighted by Crippen LogP contribution is 2.22. The van der Waals surface area contributed by atoms with E-state index in [1.54, 1.807) is 0 Å². The maximum Gasteiger partial charge on any atom is 0.279 e. The Kier molecular flexibility index (Phi) is 6.12. The van der Waals surface area contributed by atoms with Crippen molar-refractivity contribution in [1.29, 1.82) is 5.41 Å². The normalized spacial score (nSPS) is 16.3. The van der Waals surface area contributed by atoms with Gasteiger partial charge in [-0.1, -0.05) is 48.0 Å². The highest BCUT2D eigenvalue weighted by molar-refractivity contribution is 5.67. The van der Waals surface area contributed by atoms with Crippen LogP contribution in [0.1, 0.15) is 23.7 Å². The molecule has 26 heavy (non-hydrogen) atoms. The molecule has 3 rings (SSSR count). The third-order valence-corrected chi connectivity index (χ3v) is 4.92. The number of aryl methyl sites for hydroxylation is 1. The highest BCUT2D eigenvalue weighted by Gasteiger charge is 2.20. The molecule has 0 aliphatic carbocycles. The zero-order chi connectivity index (χ0) is 18.4. The molecule has 1 atom stereocenters. The molecule has 0 bridgehead atoms. The second kappa shape index (κ2) is 8.72. The Morgan fingerprint density at radius 3 is 2.31 bits per heavy atom. The first kappa shape index (κ1) is 18.3. The fourth-order valence-corrected chi connectivity index (χ4v) is 3.40. The van der Waals surface area contributed by atoms with Crippen LogP contribution in [-0.2, 0) is 4.74 Å². The lowest BCUT2D eigenvalue weighted by Crippen LogP contribution is -2.46. The molecule has 0 spiro atoms. The van der Waals surface area contributed by atoms with E-state index in [-0.39, 0.29) is 12.1 Å². The molecule has 0 amide bonds. The largest absolute Gasteiger partial charge is 0.457 e. The third-order valence-electron chi connectivity index (χ3n) is 4.92. The summed E-state index contributed by atoms with van der Waals surface area (Å²) in [5.74, 6) is 0. The first-order valence-electron chi connectivity index (χ1n) is 9.21. The zero-order valence-corrected chi connectivity index (χ0v) is 15.4. The SMILES string of the molecule is Cc1ccc(N2CCN(CCC(OC(=N)N)c3ccccc3)CC2)cc1. The van der Waals surface area contributed by atoms with Crippen molar-refractivity contribution < 1.29 is 4.74 Å². The summed E-state index contributed by atoms with van der Waals surface area (Å²) >= 11 is 0. The quantitative estimate of drug-likeness (QED) is 0.619. The summed E-state index contributed by atoms with van der Waals surface area (Å²) < 4.78 is 5.55. The Morgan fingerprint density at radius 2 is 1.69 bits per heavy atom. The molecular formula is C21H28N4O. The van der Waals surface area contributed by atoms with E-state index in [1.165, 1.54) is 11.3 Å². The number of nitrogens with two attached hydrogens (primary N) is 1. The van der Waals surface area contributed by atoms with E-state index in [0.717, 1.165) is 44.7 Å². The molecule has 1 heterocycles. The van der Waals surface area contributed by atoms with Crippen molar-refractivity contribution >= 4 is 11.7 Å². The van der Waals surface area contributed by atoms with Gasteiger partial charge in [0.05, 0.1) is 0 Å². The van der Waals surface area contributed by atoms with Crippen molar-refractivity contribution in [1.82, 2.24) is 4.90 Å². The van der Waals surface area contributed by atoms with Crippen molar-refractivity contribution in [3.63, 3.8) is 0 Å². The topological polar surface area (TPSA) is 65.6 Å². The number of nitrogens with zero attached hydrogens (tertiary/aromatic N) is 2. The lowest BCUT2D eigenvalue weighted by Gasteiger charge is -2.36. The molecule has 1 aliphatic rings. The van der Waals surface area contributed by atoms with Gasteiger partial charge in [-0.15, -0.1) is 0 Å². The smallest absolute Gasteiger partial charge is 0.279 e. The van der Waals surface area contributed by atoms with E-state index in [4.69, 9.17) is 15.9 Å². The highest BCUT2D eigenvalue weighted by atomic mass is 16.5. The van der Waals surface area contributed by atoms with E-state index in [9.17, 15) is 0 Å². The van der Waals surface area contributed by atoms with Crippen LogP contribution in [0.4, 0.5) is 5.69 Å². The molecular weight excluding hydrogens is 324 g/mol. The maximum atomic E-state index is 7.47. The van der Waals surface area contributed by atoms with E-state index in [1.807, 2.05) is 30.3 Å². The Hall–Kier alpha value is -2.53. The third kappa shape index (κ3) is 4.99. The van der Waals surface area contributed by atoms with Gasteiger partial charge in [0.25, 0.3) is 6.02 Å². The predicted octanol–water partition coefficient (Wildman–Crippen LogP) is 3.16. The molecule has 3 N–H and O–H groups in total. The molecule has 1 unspecified atom stereocenters. The summed E-state index contributed by atoms with van der Waals surface area (Å²) in [5.41, 5.74) is 9.14. The van der Waals surface area contributed by atoms with Crippen molar-refractivity contribution in [3.05, 3.63) is 65.7 Å². The standard InChI is InChI=1S/C21H28N4O/c1-17-7-9-19(10-8-17)25-15-13-24(14-16-25)12-11-20(26-21(22)23)18-5-3-2-4-6-18/h2-10,20H,11-16H2,1H3,(H3,22,23). The van der Waals surface area contributed by atoms with Gasteiger partial charge in [0.2, 0.25) is 0 Å². The van der Waals surface area contributed by atoms with Gasteiger partial charge in [-0.05, 0) is 24.6 Å². The fourth-order valence-electron chi connectivity index (χ4n) is 3.40. The number of nitrogens with one attached hydrogen (secondary N) is 1. The van der Waals surface area contributed by atoms with E-state index in [2.05, 4.69) is 41.0 Å². The van der Waals surface area contributed by atoms with Crippen LogP contribution >= 0.6 is 0 Å². The minimum Gasteiger partial charge on any atom is -0.457 e. The van der Waals surface area contributed by atoms with Gasteiger partial charge >= 0.3 is 0 Å². The number of anilines is 1. The molecule has 0 saturated carbocycles. The van der Waals surface area contributed by atoms with Crippen LogP contribution in [0.5, 0.6) is 0 Å². The van der Waals surface area contributed by atoms with Crippen LogP contribution in [0, 0.1) is 12.3 Å². The van der Waals surface area contributed by atoms with Crippen LogP contribution in [0.3, 0.4) is 0 Å². The summed E-state index contributed by atoms with van der Waals surface area (Å²) in [6.07, 6.45) is 0.664. The average molecular weight is 352 g/mol. The van der Waals surface area contributed by atoms with Crippen molar-refractivity contribution in [2.75, 3.05) is 37.6 Å². The number of ether oxygens (including phenoxy) is 1. The molecule has 138 valence electrons. The summed E-state index contributed by atoms with van der Waals surface area (Å²) in [5, 5.41) is 7.47. The Labute approximate surface area is 155 Å². The van der Waals surface area contributed by atoms with Gasteiger partial charge < -0.3 is 15.4 Å². The minimum atomic E-state index is -0.219. The Balaban J connectivity index is 1.51. The zero-order valence-electron chi connectivity index (χ0n) is 15.4. The van der Waals surface area contributed by atoms with Crippen LogP contribution < -0.4 is 10.6 Å². The number of amidine groups is 1. The van der Waals surface area contributed by atoms with Crippen molar-refractivity contribution in [3.8, 4) is 0 Å². The van der Waals surface area contributed by atoms with Crippen LogP contribution in [-0.4, -0.2) is 43.6 Å². The monoisotopic (exact) mass is 352 g/mol. The Morgan fingerprint density at radius 1 is 1.04 bits per heavy atom. The minimum absolute atomic E-state index is 0.163. The molecule has 1 fully saturated rings. The Bertz CT molecular complexity index is 694. The first-order chi connectivity index (χ1) is 12.6. The van der Waals surface area contributed by atoms with Gasteiger partial charge in [0, 0.05) is 44.8 Å². The number of hydrogen-bond donors (Lipinski definition) is 2. The second-order valence-corrected chi connectivity index (χ2v) is 6.83. The average Bonchev–Trinajstić information content (AvgIpc) is 2.67. The molecule has 0 radical (unpaired) electrons. The van der Waals surface area contributed by atoms with Gasteiger partial charge in [-0.3, -0.25) is 10.3 Å². The predicted molar refractivity (Wildman–Crippen MR) is 107 cm³/mol. The molecule has 1 saturated heterocycles. The summed E-state index contributed by atoms with van der Waals surface area (Å²) in [6.45, 7) is 7.20. The number of rotatable bonds is 6.